The van der Waals surface area contributed by atoms with E-state index in [1.165, 1.54) is 6.20 Å². The van der Waals surface area contributed by atoms with E-state index in [0.29, 0.717) is 17.1 Å². The van der Waals surface area contributed by atoms with Gasteiger partial charge >= 0.3 is 5.97 Å². The lowest BCUT2D eigenvalue weighted by Crippen LogP contribution is -2.30. The molecule has 0 fully saturated rings. The number of nitrogens with two attached hydrogens (primary N) is 1. The van der Waals surface area contributed by atoms with E-state index < -0.39 is 11.4 Å². The van der Waals surface area contributed by atoms with E-state index in [4.69, 9.17) is 21.0 Å². The molecule has 0 unspecified atom stereocenters. The van der Waals surface area contributed by atoms with Gasteiger partial charge in [-0.15, -0.1) is 0 Å². The summed E-state index contributed by atoms with van der Waals surface area (Å²) in [4.78, 5) is 19.4. The molecule has 2 aromatic rings. The molecule has 0 amide bonds. The molecule has 0 aliphatic heterocycles. The molecule has 0 spiro atoms. The lowest BCUT2D eigenvalue weighted by molar-refractivity contribution is -0.148. The second-order valence-electron chi connectivity index (χ2n) is 5.71. The monoisotopic (exact) mass is 314 g/mol. The molecule has 0 radical (unpaired) electrons. The van der Waals surface area contributed by atoms with Crippen molar-refractivity contribution in [3.05, 3.63) is 42.2 Å². The fourth-order valence-corrected chi connectivity index (χ4v) is 1.66. The van der Waals surface area contributed by atoms with Crippen LogP contribution >= 0.6 is 0 Å². The molecule has 2 aromatic heterocycles. The Morgan fingerprint density at radius 3 is 2.48 bits per heavy atom. The van der Waals surface area contributed by atoms with E-state index in [-0.39, 0.29) is 12.4 Å². The molecule has 0 saturated carbocycles. The molecule has 0 aliphatic carbocycles. The summed E-state index contributed by atoms with van der Waals surface area (Å²) in [6.45, 7) is 3.20. The molecule has 120 valence electrons. The first-order valence-electron chi connectivity index (χ1n) is 6.93. The van der Waals surface area contributed by atoms with E-state index in [9.17, 15) is 4.79 Å². The molecule has 0 aromatic carbocycles. The van der Waals surface area contributed by atoms with Crippen molar-refractivity contribution in [2.24, 2.45) is 11.1 Å². The minimum absolute atomic E-state index is 0.0280. The second-order valence-corrected chi connectivity index (χ2v) is 5.71. The van der Waals surface area contributed by atoms with Gasteiger partial charge in [0.1, 0.15) is 12.4 Å². The summed E-state index contributed by atoms with van der Waals surface area (Å²) in [5, 5.41) is 16.4. The molecule has 2 heterocycles. The highest BCUT2D eigenvalue weighted by molar-refractivity contribution is 5.94. The maximum Gasteiger partial charge on any atom is 0.312 e. The van der Waals surface area contributed by atoms with Crippen LogP contribution in [0.1, 0.15) is 19.4 Å². The Morgan fingerprint density at radius 1 is 1.26 bits per heavy atom. The Balaban J connectivity index is 2.07. The minimum atomic E-state index is -0.982. The van der Waals surface area contributed by atoms with Gasteiger partial charge < -0.3 is 15.6 Å². The van der Waals surface area contributed by atoms with Crippen LogP contribution in [0.4, 0.5) is 0 Å². The average molecular weight is 314 g/mol. The van der Waals surface area contributed by atoms with Gasteiger partial charge in [-0.25, -0.2) is 4.98 Å². The summed E-state index contributed by atoms with van der Waals surface area (Å²) >= 11 is 0. The summed E-state index contributed by atoms with van der Waals surface area (Å²) in [6.07, 6.45) is 3.12. The lowest BCUT2D eigenvalue weighted by atomic mass is 9.95. The number of carboxylic acid groups (broad SMARTS) is 1. The average Bonchev–Trinajstić information content (AvgIpc) is 2.53. The fraction of sp³-hybridized carbons (Fsp3) is 0.250. The van der Waals surface area contributed by atoms with Gasteiger partial charge in [0.25, 0.3) is 0 Å². The van der Waals surface area contributed by atoms with Crippen LogP contribution in [0, 0.1) is 10.8 Å². The van der Waals surface area contributed by atoms with Crippen molar-refractivity contribution in [1.29, 1.82) is 5.41 Å². The predicted molar refractivity (Wildman–Crippen MR) is 85.4 cm³/mol. The van der Waals surface area contributed by atoms with Crippen LogP contribution in [0.25, 0.3) is 11.3 Å². The third-order valence-corrected chi connectivity index (χ3v) is 3.27. The van der Waals surface area contributed by atoms with E-state index in [1.807, 2.05) is 0 Å². The largest absolute Gasteiger partial charge is 0.481 e. The van der Waals surface area contributed by atoms with Gasteiger partial charge in [0, 0.05) is 29.6 Å². The number of hydrogen-bond acceptors (Lipinski definition) is 5. The number of rotatable bonds is 6. The van der Waals surface area contributed by atoms with E-state index in [1.54, 1.807) is 44.3 Å². The normalized spacial score (nSPS) is 11.0. The standard InChI is InChI=1S/C16H18N4O3/c1-16(2,15(21)22)9-23-13-6-4-10(7-20-13)12-5-3-11(8-19-12)14(17)18/h3-8H,9H2,1-2H3,(H3,17,18)(H,21,22). The minimum Gasteiger partial charge on any atom is -0.481 e. The molecule has 7 heteroatoms. The number of carbonyl (C=O) groups is 1. The molecular formula is C16H18N4O3. The molecule has 0 atom stereocenters. The Bertz CT molecular complexity index is 709. The maximum atomic E-state index is 11.0. The Hall–Kier alpha value is -2.96. The van der Waals surface area contributed by atoms with E-state index in [2.05, 4.69) is 9.97 Å². The molecular weight excluding hydrogens is 296 g/mol. The summed E-state index contributed by atoms with van der Waals surface area (Å²) in [5.41, 5.74) is 6.43. The number of nitrogens with zero attached hydrogens (tertiary/aromatic N) is 2. The molecule has 0 aliphatic rings. The topological polar surface area (TPSA) is 122 Å². The van der Waals surface area contributed by atoms with Crippen LogP contribution in [0.5, 0.6) is 5.88 Å². The number of pyridine rings is 2. The van der Waals surface area contributed by atoms with Crippen molar-refractivity contribution in [3.63, 3.8) is 0 Å². The van der Waals surface area contributed by atoms with Crippen LogP contribution in [0.15, 0.2) is 36.7 Å². The number of amidine groups is 1. The molecule has 23 heavy (non-hydrogen) atoms. The molecule has 7 nitrogen and oxygen atoms in total. The molecule has 0 saturated heterocycles. The van der Waals surface area contributed by atoms with E-state index in [0.717, 1.165) is 5.56 Å². The zero-order chi connectivity index (χ0) is 17.0. The predicted octanol–water partition coefficient (Wildman–Crippen LogP) is 1.92. The number of aliphatic carboxylic acids is 1. The molecule has 2 rings (SSSR count). The second kappa shape index (κ2) is 6.43. The molecule has 0 bridgehead atoms. The first-order chi connectivity index (χ1) is 10.8. The highest BCUT2D eigenvalue weighted by Crippen LogP contribution is 2.21. The fourth-order valence-electron chi connectivity index (χ4n) is 1.66. The van der Waals surface area contributed by atoms with Crippen molar-refractivity contribution in [2.45, 2.75) is 13.8 Å². The first-order valence-corrected chi connectivity index (χ1v) is 6.93. The summed E-state index contributed by atoms with van der Waals surface area (Å²) in [5.74, 6) is -0.612. The summed E-state index contributed by atoms with van der Waals surface area (Å²) in [6, 6.07) is 6.91. The lowest BCUT2D eigenvalue weighted by Gasteiger charge is -2.18. The Kier molecular flexibility index (Phi) is 4.59. The van der Waals surface area contributed by atoms with Gasteiger partial charge in [0.2, 0.25) is 5.88 Å². The highest BCUT2D eigenvalue weighted by Gasteiger charge is 2.28. The summed E-state index contributed by atoms with van der Waals surface area (Å²) in [7, 11) is 0. The number of carboxylic acids is 1. The van der Waals surface area contributed by atoms with Gasteiger partial charge in [-0.1, -0.05) is 0 Å². The number of hydrogen-bond donors (Lipinski definition) is 3. The van der Waals surface area contributed by atoms with Crippen molar-refractivity contribution < 1.29 is 14.6 Å². The van der Waals surface area contributed by atoms with Gasteiger partial charge in [-0.2, -0.15) is 0 Å². The third kappa shape index (κ3) is 4.03. The Labute approximate surface area is 133 Å². The van der Waals surface area contributed by atoms with Gasteiger partial charge in [0.05, 0.1) is 11.1 Å². The number of aromatic nitrogens is 2. The highest BCUT2D eigenvalue weighted by atomic mass is 16.5. The van der Waals surface area contributed by atoms with Crippen molar-refractivity contribution in [3.8, 4) is 17.1 Å². The van der Waals surface area contributed by atoms with Crippen molar-refractivity contribution in [1.82, 2.24) is 9.97 Å². The van der Waals surface area contributed by atoms with Crippen LogP contribution < -0.4 is 10.5 Å². The van der Waals surface area contributed by atoms with Crippen LogP contribution in [-0.4, -0.2) is 33.5 Å². The number of nitrogens with one attached hydrogen (secondary N) is 1. The zero-order valence-corrected chi connectivity index (χ0v) is 12.9. The van der Waals surface area contributed by atoms with Gasteiger partial charge in [-0.3, -0.25) is 15.2 Å². The smallest absolute Gasteiger partial charge is 0.312 e. The molecule has 4 N–H and O–H groups in total. The van der Waals surface area contributed by atoms with Crippen molar-refractivity contribution in [2.75, 3.05) is 6.61 Å². The maximum absolute atomic E-state index is 11.0. The number of nitrogen functional groups attached to an aromatic ring is 1. The number of ether oxygens (including phenoxy) is 1. The SMILES string of the molecule is CC(C)(COc1ccc(-c2ccc(C(=N)N)cn2)cn1)C(=O)O. The first kappa shape index (κ1) is 16.4. The van der Waals surface area contributed by atoms with E-state index >= 15 is 0 Å². The summed E-state index contributed by atoms with van der Waals surface area (Å²) < 4.78 is 5.42. The Morgan fingerprint density at radius 2 is 2.00 bits per heavy atom. The zero-order valence-electron chi connectivity index (χ0n) is 12.9. The quantitative estimate of drug-likeness (QED) is 0.553. The van der Waals surface area contributed by atoms with Crippen LogP contribution in [0.3, 0.4) is 0 Å². The van der Waals surface area contributed by atoms with Crippen molar-refractivity contribution >= 4 is 11.8 Å². The van der Waals surface area contributed by atoms with Gasteiger partial charge in [-0.05, 0) is 32.0 Å². The van der Waals surface area contributed by atoms with Crippen LogP contribution in [0.2, 0.25) is 0 Å². The third-order valence-electron chi connectivity index (χ3n) is 3.27. The van der Waals surface area contributed by atoms with Crippen LogP contribution in [-0.2, 0) is 4.79 Å². The van der Waals surface area contributed by atoms with Gasteiger partial charge in [0.15, 0.2) is 0 Å².